The summed E-state index contributed by atoms with van der Waals surface area (Å²) >= 11 is 0. The fourth-order valence-corrected chi connectivity index (χ4v) is 1.77. The minimum atomic E-state index is -0.671. The molecule has 0 radical (unpaired) electrons. The summed E-state index contributed by atoms with van der Waals surface area (Å²) < 4.78 is 18.5. The molecule has 0 N–H and O–H groups in total. The number of halogens is 1. The van der Waals surface area contributed by atoms with Crippen molar-refractivity contribution < 1.29 is 18.7 Å². The van der Waals surface area contributed by atoms with E-state index in [0.717, 1.165) is 6.07 Å². The van der Waals surface area contributed by atoms with Crippen LogP contribution in [-0.4, -0.2) is 42.9 Å². The lowest BCUT2D eigenvalue weighted by atomic mass is 10.1. The maximum absolute atomic E-state index is 13.3. The first-order chi connectivity index (χ1) is 8.59. The van der Waals surface area contributed by atoms with Crippen molar-refractivity contribution in [3.8, 4) is 0 Å². The summed E-state index contributed by atoms with van der Waals surface area (Å²) in [7, 11) is 0. The summed E-state index contributed by atoms with van der Waals surface area (Å²) in [4.78, 5) is 25.2. The first-order valence-electron chi connectivity index (χ1n) is 5.77. The molecule has 0 bridgehead atoms. The van der Waals surface area contributed by atoms with Gasteiger partial charge in [-0.15, -0.1) is 0 Å². The van der Waals surface area contributed by atoms with Crippen LogP contribution in [0, 0.1) is 12.7 Å². The van der Waals surface area contributed by atoms with Gasteiger partial charge in [0.25, 0.3) is 5.91 Å². The maximum atomic E-state index is 13.3. The van der Waals surface area contributed by atoms with E-state index in [2.05, 4.69) is 0 Å². The van der Waals surface area contributed by atoms with Gasteiger partial charge in [0, 0.05) is 18.7 Å². The van der Waals surface area contributed by atoms with Crippen LogP contribution in [0.3, 0.4) is 0 Å². The van der Waals surface area contributed by atoms with Crippen LogP contribution in [0.4, 0.5) is 4.39 Å². The van der Waals surface area contributed by atoms with Crippen LogP contribution in [0.25, 0.3) is 0 Å². The molecule has 1 aliphatic heterocycles. The number of rotatable bonds is 2. The Labute approximate surface area is 104 Å². The largest absolute Gasteiger partial charge is 0.378 e. The summed E-state index contributed by atoms with van der Waals surface area (Å²) in [6.07, 6.45) is 0. The highest BCUT2D eigenvalue weighted by atomic mass is 19.1. The standard InChI is InChI=1S/C13H14FNO3/c1-9-2-3-10(8-11(9)14)12(16)13(17)15-4-6-18-7-5-15/h2-3,8H,4-7H2,1H3. The first kappa shape index (κ1) is 12.7. The molecular weight excluding hydrogens is 237 g/mol. The summed E-state index contributed by atoms with van der Waals surface area (Å²) in [5.41, 5.74) is 0.542. The van der Waals surface area contributed by atoms with Crippen molar-refractivity contribution in [2.75, 3.05) is 26.3 Å². The lowest BCUT2D eigenvalue weighted by molar-refractivity contribution is -0.130. The molecule has 18 heavy (non-hydrogen) atoms. The third-order valence-corrected chi connectivity index (χ3v) is 2.93. The zero-order valence-electron chi connectivity index (χ0n) is 10.1. The van der Waals surface area contributed by atoms with Gasteiger partial charge in [0.1, 0.15) is 5.82 Å². The van der Waals surface area contributed by atoms with Crippen molar-refractivity contribution in [1.82, 2.24) is 4.90 Å². The fraction of sp³-hybridized carbons (Fsp3) is 0.385. The summed E-state index contributed by atoms with van der Waals surface area (Å²) in [6, 6.07) is 4.07. The molecule has 1 aliphatic rings. The Morgan fingerprint density at radius 1 is 1.28 bits per heavy atom. The minimum Gasteiger partial charge on any atom is -0.378 e. The van der Waals surface area contributed by atoms with Crippen molar-refractivity contribution in [1.29, 1.82) is 0 Å². The second-order valence-electron chi connectivity index (χ2n) is 4.20. The second kappa shape index (κ2) is 5.27. The molecule has 0 aliphatic carbocycles. The van der Waals surface area contributed by atoms with Crippen LogP contribution in [0.5, 0.6) is 0 Å². The van der Waals surface area contributed by atoms with Gasteiger partial charge >= 0.3 is 0 Å². The molecule has 1 fully saturated rings. The van der Waals surface area contributed by atoms with Crippen molar-refractivity contribution in [3.05, 3.63) is 35.1 Å². The van der Waals surface area contributed by atoms with E-state index in [4.69, 9.17) is 4.74 Å². The van der Waals surface area contributed by atoms with Crippen LogP contribution >= 0.6 is 0 Å². The van der Waals surface area contributed by atoms with E-state index in [1.807, 2.05) is 0 Å². The Balaban J connectivity index is 2.14. The Hall–Kier alpha value is -1.75. The highest BCUT2D eigenvalue weighted by molar-refractivity contribution is 6.42. The Kier molecular flexibility index (Phi) is 3.72. The average Bonchev–Trinajstić information content (AvgIpc) is 2.41. The Bertz CT molecular complexity index is 481. The SMILES string of the molecule is Cc1ccc(C(=O)C(=O)N2CCOCC2)cc1F. The van der Waals surface area contributed by atoms with Gasteiger partial charge in [0.2, 0.25) is 5.78 Å². The van der Waals surface area contributed by atoms with Gasteiger partial charge in [-0.1, -0.05) is 12.1 Å². The molecule has 0 saturated carbocycles. The summed E-state index contributed by atoms with van der Waals surface area (Å²) in [5, 5.41) is 0. The molecule has 4 nitrogen and oxygen atoms in total. The lowest BCUT2D eigenvalue weighted by Gasteiger charge is -2.26. The monoisotopic (exact) mass is 251 g/mol. The number of ketones is 1. The van der Waals surface area contributed by atoms with Crippen LogP contribution in [0.2, 0.25) is 0 Å². The van der Waals surface area contributed by atoms with E-state index in [1.54, 1.807) is 6.92 Å². The van der Waals surface area contributed by atoms with Crippen molar-refractivity contribution in [2.45, 2.75) is 6.92 Å². The number of amides is 1. The van der Waals surface area contributed by atoms with Crippen molar-refractivity contribution in [2.24, 2.45) is 0 Å². The number of hydrogen-bond donors (Lipinski definition) is 0. The number of benzene rings is 1. The summed E-state index contributed by atoms with van der Waals surface area (Å²) in [5.74, 6) is -1.74. The number of carbonyl (C=O) groups is 2. The molecule has 0 aromatic heterocycles. The quantitative estimate of drug-likeness (QED) is 0.585. The highest BCUT2D eigenvalue weighted by Gasteiger charge is 2.25. The van der Waals surface area contributed by atoms with E-state index in [9.17, 15) is 14.0 Å². The highest BCUT2D eigenvalue weighted by Crippen LogP contribution is 2.11. The van der Waals surface area contributed by atoms with E-state index < -0.39 is 17.5 Å². The third-order valence-electron chi connectivity index (χ3n) is 2.93. The number of hydrogen-bond acceptors (Lipinski definition) is 3. The molecule has 1 aromatic carbocycles. The molecule has 0 unspecified atom stereocenters. The van der Waals surface area contributed by atoms with Crippen LogP contribution in [0.1, 0.15) is 15.9 Å². The van der Waals surface area contributed by atoms with Gasteiger partial charge in [0.15, 0.2) is 0 Å². The van der Waals surface area contributed by atoms with Gasteiger partial charge in [0.05, 0.1) is 13.2 Å². The van der Waals surface area contributed by atoms with Gasteiger partial charge in [-0.2, -0.15) is 0 Å². The molecule has 1 heterocycles. The molecule has 0 atom stereocenters. The lowest BCUT2D eigenvalue weighted by Crippen LogP contribution is -2.44. The van der Waals surface area contributed by atoms with Gasteiger partial charge in [-0.3, -0.25) is 9.59 Å². The number of morpholine rings is 1. The van der Waals surface area contributed by atoms with Crippen LogP contribution in [0.15, 0.2) is 18.2 Å². The number of aryl methyl sites for hydroxylation is 1. The number of nitrogens with zero attached hydrogens (tertiary/aromatic N) is 1. The second-order valence-corrected chi connectivity index (χ2v) is 4.20. The molecule has 0 spiro atoms. The molecule has 1 aromatic rings. The van der Waals surface area contributed by atoms with E-state index >= 15 is 0 Å². The molecule has 1 saturated heterocycles. The number of ether oxygens (including phenoxy) is 1. The summed E-state index contributed by atoms with van der Waals surface area (Å²) in [6.45, 7) is 3.27. The zero-order chi connectivity index (χ0) is 13.1. The predicted octanol–water partition coefficient (Wildman–Crippen LogP) is 1.18. The topological polar surface area (TPSA) is 46.6 Å². The number of Topliss-reactive ketones (excluding diaryl/α,β-unsaturated/α-hetero) is 1. The molecule has 2 rings (SSSR count). The molecule has 5 heteroatoms. The van der Waals surface area contributed by atoms with Gasteiger partial charge in [-0.25, -0.2) is 4.39 Å². The average molecular weight is 251 g/mol. The van der Waals surface area contributed by atoms with E-state index in [1.165, 1.54) is 17.0 Å². The van der Waals surface area contributed by atoms with Crippen molar-refractivity contribution >= 4 is 11.7 Å². The van der Waals surface area contributed by atoms with E-state index in [0.29, 0.717) is 31.9 Å². The Morgan fingerprint density at radius 3 is 2.56 bits per heavy atom. The predicted molar refractivity (Wildman–Crippen MR) is 62.9 cm³/mol. The fourth-order valence-electron chi connectivity index (χ4n) is 1.77. The smallest absolute Gasteiger partial charge is 0.295 e. The third kappa shape index (κ3) is 2.56. The molecule has 1 amide bonds. The minimum absolute atomic E-state index is 0.0922. The first-order valence-corrected chi connectivity index (χ1v) is 5.77. The molecular formula is C13H14FNO3. The van der Waals surface area contributed by atoms with Crippen LogP contribution in [-0.2, 0) is 9.53 Å². The van der Waals surface area contributed by atoms with Gasteiger partial charge in [-0.05, 0) is 18.6 Å². The maximum Gasteiger partial charge on any atom is 0.295 e. The molecule has 96 valence electrons. The van der Waals surface area contributed by atoms with Gasteiger partial charge < -0.3 is 9.64 Å². The normalized spacial score (nSPS) is 15.6. The van der Waals surface area contributed by atoms with Crippen LogP contribution < -0.4 is 0 Å². The van der Waals surface area contributed by atoms with E-state index in [-0.39, 0.29) is 5.56 Å². The van der Waals surface area contributed by atoms with Crippen molar-refractivity contribution in [3.63, 3.8) is 0 Å². The number of carbonyl (C=O) groups excluding carboxylic acids is 2. The zero-order valence-corrected chi connectivity index (χ0v) is 10.1. The Morgan fingerprint density at radius 2 is 1.94 bits per heavy atom.